The smallest absolute Gasteiger partial charge is 0.278 e. The number of para-hydroxylation sites is 1. The number of hydrazone groups is 1. The summed E-state index contributed by atoms with van der Waals surface area (Å²) in [5.74, 6) is 0. The Morgan fingerprint density at radius 1 is 1.11 bits per heavy atom. The first-order valence-corrected chi connectivity index (χ1v) is 5.94. The van der Waals surface area contributed by atoms with Crippen LogP contribution < -0.4 is 5.43 Å². The van der Waals surface area contributed by atoms with Gasteiger partial charge >= 0.3 is 6.18 Å². The fourth-order valence-corrected chi connectivity index (χ4v) is 1.94. The zero-order valence-corrected chi connectivity index (χ0v) is 9.92. The highest BCUT2D eigenvalue weighted by Crippen LogP contribution is 2.34. The largest absolute Gasteiger partial charge is 0.418 e. The lowest BCUT2D eigenvalue weighted by molar-refractivity contribution is -0.136. The van der Waals surface area contributed by atoms with E-state index in [1.807, 2.05) is 17.5 Å². The summed E-state index contributed by atoms with van der Waals surface area (Å²) in [6, 6.07) is 8.90. The number of thiophene rings is 1. The fraction of sp³-hybridized carbons (Fsp3) is 0.0833. The quantitative estimate of drug-likeness (QED) is 0.655. The van der Waals surface area contributed by atoms with Crippen LogP contribution in [0.2, 0.25) is 0 Å². The molecule has 1 aromatic carbocycles. The molecule has 94 valence electrons. The first kappa shape index (κ1) is 12.6. The Labute approximate surface area is 106 Å². The van der Waals surface area contributed by atoms with Crippen LogP contribution >= 0.6 is 11.3 Å². The molecule has 0 atom stereocenters. The number of nitrogens with zero attached hydrogens (tertiary/aromatic N) is 1. The van der Waals surface area contributed by atoms with Gasteiger partial charge in [-0.05, 0) is 23.6 Å². The molecule has 0 saturated carbocycles. The van der Waals surface area contributed by atoms with Crippen LogP contribution in [-0.2, 0) is 6.18 Å². The van der Waals surface area contributed by atoms with Crippen LogP contribution in [0.3, 0.4) is 0 Å². The molecule has 0 bridgehead atoms. The van der Waals surface area contributed by atoms with E-state index >= 15 is 0 Å². The number of halogens is 3. The molecule has 2 rings (SSSR count). The van der Waals surface area contributed by atoms with Crippen molar-refractivity contribution in [1.29, 1.82) is 0 Å². The van der Waals surface area contributed by atoms with E-state index in [0.717, 1.165) is 10.9 Å². The predicted octanol–water partition coefficient (Wildman–Crippen LogP) is 4.21. The Morgan fingerprint density at radius 2 is 1.89 bits per heavy atom. The average Bonchev–Trinajstić information content (AvgIpc) is 2.81. The molecule has 0 radical (unpaired) electrons. The van der Waals surface area contributed by atoms with Gasteiger partial charge in [0.25, 0.3) is 0 Å². The summed E-state index contributed by atoms with van der Waals surface area (Å²) in [4.78, 5) is 0.868. The van der Waals surface area contributed by atoms with Gasteiger partial charge in [-0.2, -0.15) is 18.3 Å². The highest BCUT2D eigenvalue weighted by Gasteiger charge is 2.33. The lowest BCUT2D eigenvalue weighted by atomic mass is 10.2. The maximum atomic E-state index is 12.7. The zero-order chi connectivity index (χ0) is 13.0. The number of benzene rings is 1. The molecule has 0 aliphatic rings. The summed E-state index contributed by atoms with van der Waals surface area (Å²) in [5, 5.41) is 5.66. The number of hydrogen-bond donors (Lipinski definition) is 1. The number of anilines is 1. The SMILES string of the molecule is FC(F)(F)c1ccccc1N/N=C/c1cccs1. The molecule has 0 aliphatic carbocycles. The first-order valence-electron chi connectivity index (χ1n) is 5.06. The average molecular weight is 270 g/mol. The molecule has 1 heterocycles. The van der Waals surface area contributed by atoms with Gasteiger partial charge in [-0.25, -0.2) is 0 Å². The van der Waals surface area contributed by atoms with Crippen molar-refractivity contribution >= 4 is 23.2 Å². The maximum Gasteiger partial charge on any atom is 0.418 e. The van der Waals surface area contributed by atoms with Crippen LogP contribution in [0.1, 0.15) is 10.4 Å². The molecule has 6 heteroatoms. The molecule has 0 aliphatic heterocycles. The molecule has 0 unspecified atom stereocenters. The zero-order valence-electron chi connectivity index (χ0n) is 9.11. The number of nitrogens with one attached hydrogen (secondary N) is 1. The molecule has 0 spiro atoms. The predicted molar refractivity (Wildman–Crippen MR) is 67.0 cm³/mol. The van der Waals surface area contributed by atoms with E-state index in [2.05, 4.69) is 10.5 Å². The third kappa shape index (κ3) is 3.10. The van der Waals surface area contributed by atoms with Crippen molar-refractivity contribution in [3.63, 3.8) is 0 Å². The van der Waals surface area contributed by atoms with Gasteiger partial charge in [0.1, 0.15) is 0 Å². The van der Waals surface area contributed by atoms with E-state index in [-0.39, 0.29) is 5.69 Å². The fourth-order valence-electron chi connectivity index (χ4n) is 1.36. The summed E-state index contributed by atoms with van der Waals surface area (Å²) in [5.41, 5.74) is 1.63. The molecule has 2 nitrogen and oxygen atoms in total. The molecular weight excluding hydrogens is 261 g/mol. The lowest BCUT2D eigenvalue weighted by Crippen LogP contribution is -2.08. The molecular formula is C12H9F3N2S. The maximum absolute atomic E-state index is 12.7. The number of rotatable bonds is 3. The van der Waals surface area contributed by atoms with Crippen molar-refractivity contribution in [2.24, 2.45) is 5.10 Å². The Hall–Kier alpha value is -1.82. The van der Waals surface area contributed by atoms with Crippen LogP contribution in [0, 0.1) is 0 Å². The monoisotopic (exact) mass is 270 g/mol. The van der Waals surface area contributed by atoms with Crippen molar-refractivity contribution in [1.82, 2.24) is 0 Å². The Kier molecular flexibility index (Phi) is 3.66. The molecule has 0 amide bonds. The minimum atomic E-state index is -4.39. The van der Waals surface area contributed by atoms with E-state index in [1.165, 1.54) is 35.8 Å². The van der Waals surface area contributed by atoms with Crippen molar-refractivity contribution in [3.05, 3.63) is 52.2 Å². The van der Waals surface area contributed by atoms with Gasteiger partial charge in [0, 0.05) is 4.88 Å². The van der Waals surface area contributed by atoms with Crippen LogP contribution in [0.15, 0.2) is 46.9 Å². The van der Waals surface area contributed by atoms with Gasteiger partial charge in [-0.1, -0.05) is 18.2 Å². The number of alkyl halides is 3. The molecule has 1 aromatic heterocycles. The summed E-state index contributed by atoms with van der Waals surface area (Å²) < 4.78 is 38.0. The van der Waals surface area contributed by atoms with Crippen molar-refractivity contribution in [2.75, 3.05) is 5.43 Å². The van der Waals surface area contributed by atoms with E-state index < -0.39 is 11.7 Å². The first-order chi connectivity index (χ1) is 8.57. The van der Waals surface area contributed by atoms with Crippen LogP contribution in [0.5, 0.6) is 0 Å². The van der Waals surface area contributed by atoms with Crippen molar-refractivity contribution < 1.29 is 13.2 Å². The highest BCUT2D eigenvalue weighted by molar-refractivity contribution is 7.11. The molecule has 2 aromatic rings. The van der Waals surface area contributed by atoms with Crippen molar-refractivity contribution in [2.45, 2.75) is 6.18 Å². The van der Waals surface area contributed by atoms with Gasteiger partial charge < -0.3 is 0 Å². The van der Waals surface area contributed by atoms with Gasteiger partial charge in [0.15, 0.2) is 0 Å². The number of hydrogen-bond acceptors (Lipinski definition) is 3. The van der Waals surface area contributed by atoms with E-state index in [0.29, 0.717) is 0 Å². The Balaban J connectivity index is 2.15. The second-order valence-electron chi connectivity index (χ2n) is 3.43. The van der Waals surface area contributed by atoms with E-state index in [4.69, 9.17) is 0 Å². The van der Waals surface area contributed by atoms with Gasteiger partial charge in [-0.3, -0.25) is 5.43 Å². The second-order valence-corrected chi connectivity index (χ2v) is 4.41. The van der Waals surface area contributed by atoms with Crippen molar-refractivity contribution in [3.8, 4) is 0 Å². The molecule has 0 fully saturated rings. The van der Waals surface area contributed by atoms with E-state index in [1.54, 1.807) is 0 Å². The van der Waals surface area contributed by atoms with Crippen LogP contribution in [0.25, 0.3) is 0 Å². The minimum absolute atomic E-state index is 0.0576. The van der Waals surface area contributed by atoms with Crippen LogP contribution in [-0.4, -0.2) is 6.21 Å². The summed E-state index contributed by atoms with van der Waals surface area (Å²) >= 11 is 1.46. The topological polar surface area (TPSA) is 24.4 Å². The minimum Gasteiger partial charge on any atom is -0.278 e. The van der Waals surface area contributed by atoms with Gasteiger partial charge in [0.2, 0.25) is 0 Å². The second kappa shape index (κ2) is 5.22. The van der Waals surface area contributed by atoms with Gasteiger partial charge in [0.05, 0.1) is 17.5 Å². The highest BCUT2D eigenvalue weighted by atomic mass is 32.1. The Morgan fingerprint density at radius 3 is 2.56 bits per heavy atom. The third-order valence-electron chi connectivity index (χ3n) is 2.15. The van der Waals surface area contributed by atoms with Crippen LogP contribution in [0.4, 0.5) is 18.9 Å². The Bertz CT molecular complexity index is 533. The standard InChI is InChI=1S/C12H9F3N2S/c13-12(14,15)10-5-1-2-6-11(10)17-16-8-9-4-3-7-18-9/h1-8,17H/b16-8+. The van der Waals surface area contributed by atoms with Gasteiger partial charge in [-0.15, -0.1) is 11.3 Å². The normalized spacial score (nSPS) is 11.9. The molecule has 18 heavy (non-hydrogen) atoms. The molecule has 1 N–H and O–H groups in total. The summed E-state index contributed by atoms with van der Waals surface area (Å²) in [7, 11) is 0. The molecule has 0 saturated heterocycles. The lowest BCUT2D eigenvalue weighted by Gasteiger charge is -2.11. The summed E-state index contributed by atoms with van der Waals surface area (Å²) in [6.45, 7) is 0. The third-order valence-corrected chi connectivity index (χ3v) is 2.96. The van der Waals surface area contributed by atoms with E-state index in [9.17, 15) is 13.2 Å². The summed E-state index contributed by atoms with van der Waals surface area (Å²) in [6.07, 6.45) is -2.90.